The molecule has 3 aromatic rings. The lowest BCUT2D eigenvalue weighted by molar-refractivity contribution is 0.301. The van der Waals surface area contributed by atoms with E-state index in [4.69, 9.17) is 4.74 Å². The smallest absolute Gasteiger partial charge is 0.276 e. The molecule has 0 aliphatic heterocycles. The molecule has 0 aliphatic carbocycles. The third-order valence-electron chi connectivity index (χ3n) is 3.96. The molecule has 0 heterocycles. The van der Waals surface area contributed by atoms with Gasteiger partial charge in [-0.2, -0.15) is 13.5 Å². The third-order valence-corrected chi connectivity index (χ3v) is 6.81. The molecule has 0 bridgehead atoms. The molecule has 150 valence electrons. The Hall–Kier alpha value is -1.66. The molecule has 3 rings (SSSR count). The highest BCUT2D eigenvalue weighted by Gasteiger charge is 2.12. The molecule has 3 aromatic carbocycles. The Kier molecular flexibility index (Phi) is 7.52. The quantitative estimate of drug-likeness (QED) is 0.224. The zero-order valence-electron chi connectivity index (χ0n) is 15.5. The van der Waals surface area contributed by atoms with E-state index < -0.39 is 10.0 Å². The van der Waals surface area contributed by atoms with Gasteiger partial charge in [-0.3, -0.25) is 0 Å². The largest absolute Gasteiger partial charge is 0.487 e. The lowest BCUT2D eigenvalue weighted by atomic mass is 10.2. The number of nitrogens with zero attached hydrogens (tertiary/aromatic N) is 1. The van der Waals surface area contributed by atoms with Gasteiger partial charge in [-0.25, -0.2) is 4.83 Å². The summed E-state index contributed by atoms with van der Waals surface area (Å²) in [6.07, 6.45) is 1.48. The van der Waals surface area contributed by atoms with Crippen LogP contribution in [0.2, 0.25) is 0 Å². The second kappa shape index (κ2) is 9.90. The highest BCUT2D eigenvalue weighted by Crippen LogP contribution is 2.29. The zero-order valence-corrected chi connectivity index (χ0v) is 20.6. The number of ether oxygens (including phenoxy) is 1. The van der Waals surface area contributed by atoms with E-state index in [1.165, 1.54) is 23.9 Å². The Morgan fingerprint density at radius 1 is 1.00 bits per heavy atom. The van der Waals surface area contributed by atoms with Crippen LogP contribution in [0.15, 0.2) is 76.7 Å². The predicted molar refractivity (Wildman–Crippen MR) is 132 cm³/mol. The van der Waals surface area contributed by atoms with Crippen molar-refractivity contribution in [3.8, 4) is 5.75 Å². The van der Waals surface area contributed by atoms with E-state index >= 15 is 0 Å². The summed E-state index contributed by atoms with van der Waals surface area (Å²) in [6.45, 7) is 2.54. The Labute approximate surface area is 197 Å². The topological polar surface area (TPSA) is 67.8 Å². The first-order valence-electron chi connectivity index (χ1n) is 8.62. The first kappa shape index (κ1) is 22.0. The number of hydrazone groups is 1. The van der Waals surface area contributed by atoms with Gasteiger partial charge in [-0.05, 0) is 87.5 Å². The summed E-state index contributed by atoms with van der Waals surface area (Å²) in [6, 6.07) is 20.1. The highest BCUT2D eigenvalue weighted by atomic mass is 127. The maximum Gasteiger partial charge on any atom is 0.276 e. The maximum absolute atomic E-state index is 12.2. The first-order valence-corrected chi connectivity index (χ1v) is 12.3. The summed E-state index contributed by atoms with van der Waals surface area (Å²) in [5.74, 6) is 0.800. The minimum atomic E-state index is -3.68. The molecule has 1 N–H and O–H groups in total. The standard InChI is InChI=1S/C21H18I2N2O3S/c1-15-7-9-16(10-8-15)14-28-21-19(22)11-17(12-20(21)23)13-24-25-29(26,27)18-5-3-2-4-6-18/h2-13,25H,14H2,1H3/b24-13-. The Bertz CT molecular complexity index is 1090. The summed E-state index contributed by atoms with van der Waals surface area (Å²) in [4.78, 5) is 2.40. The van der Waals surface area contributed by atoms with Crippen molar-refractivity contribution >= 4 is 61.4 Å². The second-order valence-corrected chi connectivity index (χ2v) is 10.2. The number of sulfonamides is 1. The first-order chi connectivity index (χ1) is 13.8. The zero-order chi connectivity index (χ0) is 20.9. The van der Waals surface area contributed by atoms with Gasteiger partial charge in [0.2, 0.25) is 0 Å². The summed E-state index contributed by atoms with van der Waals surface area (Å²) in [5.41, 5.74) is 3.09. The number of halogens is 2. The van der Waals surface area contributed by atoms with Crippen LogP contribution in [0.1, 0.15) is 16.7 Å². The fourth-order valence-corrected chi connectivity index (χ4v) is 5.39. The van der Waals surface area contributed by atoms with Gasteiger partial charge in [0.1, 0.15) is 12.4 Å². The SMILES string of the molecule is Cc1ccc(COc2c(I)cc(/C=N\NS(=O)(=O)c3ccccc3)cc2I)cc1. The van der Waals surface area contributed by atoms with E-state index in [1.807, 2.05) is 12.1 Å². The van der Waals surface area contributed by atoms with Crippen molar-refractivity contribution in [1.29, 1.82) is 0 Å². The minimum absolute atomic E-state index is 0.168. The van der Waals surface area contributed by atoms with Gasteiger partial charge in [0.15, 0.2) is 0 Å². The Morgan fingerprint density at radius 2 is 1.62 bits per heavy atom. The van der Waals surface area contributed by atoms with Crippen LogP contribution in [-0.4, -0.2) is 14.6 Å². The van der Waals surface area contributed by atoms with Crippen LogP contribution < -0.4 is 9.57 Å². The van der Waals surface area contributed by atoms with Gasteiger partial charge in [0.05, 0.1) is 18.3 Å². The van der Waals surface area contributed by atoms with Crippen LogP contribution in [0, 0.1) is 14.1 Å². The molecule has 0 aromatic heterocycles. The molecule has 0 fully saturated rings. The Morgan fingerprint density at radius 3 is 2.24 bits per heavy atom. The van der Waals surface area contributed by atoms with E-state index in [-0.39, 0.29) is 4.90 Å². The number of benzene rings is 3. The van der Waals surface area contributed by atoms with E-state index in [0.717, 1.165) is 24.0 Å². The molecule has 0 amide bonds. The molecule has 8 heteroatoms. The minimum Gasteiger partial charge on any atom is -0.487 e. The van der Waals surface area contributed by atoms with Crippen molar-refractivity contribution in [1.82, 2.24) is 4.83 Å². The van der Waals surface area contributed by atoms with Crippen LogP contribution in [0.5, 0.6) is 5.75 Å². The summed E-state index contributed by atoms with van der Waals surface area (Å²) in [5, 5.41) is 3.89. The number of nitrogens with one attached hydrogen (secondary N) is 1. The van der Waals surface area contributed by atoms with Gasteiger partial charge in [0, 0.05) is 0 Å². The van der Waals surface area contributed by atoms with Crippen molar-refractivity contribution in [2.75, 3.05) is 0 Å². The molecule has 0 aliphatic rings. The maximum atomic E-state index is 12.2. The monoisotopic (exact) mass is 632 g/mol. The van der Waals surface area contributed by atoms with Gasteiger partial charge < -0.3 is 4.74 Å². The van der Waals surface area contributed by atoms with Gasteiger partial charge >= 0.3 is 0 Å². The van der Waals surface area contributed by atoms with E-state index in [1.54, 1.807) is 18.2 Å². The lowest BCUT2D eigenvalue weighted by Crippen LogP contribution is -2.18. The molecule has 0 radical (unpaired) electrons. The molecule has 29 heavy (non-hydrogen) atoms. The number of aryl methyl sites for hydroxylation is 1. The summed E-state index contributed by atoms with van der Waals surface area (Å²) < 4.78 is 32.3. The molecule has 0 unspecified atom stereocenters. The van der Waals surface area contributed by atoms with Gasteiger partial charge in [-0.15, -0.1) is 0 Å². The molecule has 5 nitrogen and oxygen atoms in total. The lowest BCUT2D eigenvalue weighted by Gasteiger charge is -2.11. The van der Waals surface area contributed by atoms with Crippen LogP contribution in [-0.2, 0) is 16.6 Å². The average molecular weight is 632 g/mol. The highest BCUT2D eigenvalue weighted by molar-refractivity contribution is 14.1. The Balaban J connectivity index is 1.68. The fourth-order valence-electron chi connectivity index (χ4n) is 2.45. The molecule has 0 saturated heterocycles. The van der Waals surface area contributed by atoms with E-state index in [9.17, 15) is 8.42 Å². The molecule has 0 spiro atoms. The molecule has 0 atom stereocenters. The third kappa shape index (κ3) is 6.16. The second-order valence-electron chi connectivity index (χ2n) is 6.25. The van der Waals surface area contributed by atoms with Crippen molar-refractivity contribution in [3.05, 3.63) is 90.6 Å². The number of hydrogen-bond acceptors (Lipinski definition) is 4. The van der Waals surface area contributed by atoms with Crippen molar-refractivity contribution in [3.63, 3.8) is 0 Å². The molecular formula is C21H18I2N2O3S. The van der Waals surface area contributed by atoms with Crippen LogP contribution in [0.4, 0.5) is 0 Å². The van der Waals surface area contributed by atoms with Crippen molar-refractivity contribution in [2.24, 2.45) is 5.10 Å². The van der Waals surface area contributed by atoms with Crippen molar-refractivity contribution in [2.45, 2.75) is 18.4 Å². The normalized spacial score (nSPS) is 11.6. The van der Waals surface area contributed by atoms with E-state index in [2.05, 4.69) is 86.3 Å². The summed E-state index contributed by atoms with van der Waals surface area (Å²) >= 11 is 4.41. The number of rotatable bonds is 7. The fraction of sp³-hybridized carbons (Fsp3) is 0.0952. The van der Waals surface area contributed by atoms with E-state index in [0.29, 0.717) is 6.61 Å². The van der Waals surface area contributed by atoms with Gasteiger partial charge in [0.25, 0.3) is 10.0 Å². The van der Waals surface area contributed by atoms with Gasteiger partial charge in [-0.1, -0.05) is 48.0 Å². The average Bonchev–Trinajstić information content (AvgIpc) is 2.69. The van der Waals surface area contributed by atoms with Crippen molar-refractivity contribution < 1.29 is 13.2 Å². The molecule has 0 saturated carbocycles. The van der Waals surface area contributed by atoms with Crippen LogP contribution in [0.3, 0.4) is 0 Å². The predicted octanol–water partition coefficient (Wildman–Crippen LogP) is 5.10. The van der Waals surface area contributed by atoms with Crippen LogP contribution >= 0.6 is 45.2 Å². The number of hydrogen-bond donors (Lipinski definition) is 1. The molecular weight excluding hydrogens is 614 g/mol. The summed E-state index contributed by atoms with van der Waals surface area (Å²) in [7, 11) is -3.68. The van der Waals surface area contributed by atoms with Crippen LogP contribution in [0.25, 0.3) is 0 Å².